The second-order valence-electron chi connectivity index (χ2n) is 4.83. The van der Waals surface area contributed by atoms with Gasteiger partial charge in [-0.25, -0.2) is 5.43 Å². The van der Waals surface area contributed by atoms with Crippen molar-refractivity contribution in [2.24, 2.45) is 5.84 Å². The number of hydrogen-bond acceptors (Lipinski definition) is 4. The topological polar surface area (TPSA) is 56.5 Å². The van der Waals surface area contributed by atoms with Crippen LogP contribution < -0.4 is 20.7 Å². The van der Waals surface area contributed by atoms with Gasteiger partial charge in [0.15, 0.2) is 11.5 Å². The molecule has 0 spiro atoms. The van der Waals surface area contributed by atoms with E-state index in [4.69, 9.17) is 15.3 Å². The predicted octanol–water partition coefficient (Wildman–Crippen LogP) is 2.32. The van der Waals surface area contributed by atoms with Crippen LogP contribution in [0.25, 0.3) is 0 Å². The summed E-state index contributed by atoms with van der Waals surface area (Å²) in [5.41, 5.74) is 6.21. The van der Waals surface area contributed by atoms with Crippen LogP contribution >= 0.6 is 0 Å². The van der Waals surface area contributed by atoms with E-state index in [9.17, 15) is 0 Å². The van der Waals surface area contributed by atoms with Gasteiger partial charge in [-0.3, -0.25) is 5.84 Å². The summed E-state index contributed by atoms with van der Waals surface area (Å²) in [5.74, 6) is 7.36. The molecule has 0 radical (unpaired) electrons. The largest absolute Gasteiger partial charge is 0.486 e. The van der Waals surface area contributed by atoms with Crippen molar-refractivity contribution < 1.29 is 9.47 Å². The average Bonchev–Trinajstić information content (AvgIpc) is 2.50. The van der Waals surface area contributed by atoms with Crippen molar-refractivity contribution in [3.63, 3.8) is 0 Å². The highest BCUT2D eigenvalue weighted by Crippen LogP contribution is 2.39. The number of ether oxygens (including phenoxy) is 2. The Morgan fingerprint density at radius 1 is 1.00 bits per heavy atom. The predicted molar refractivity (Wildman–Crippen MR) is 77.8 cm³/mol. The van der Waals surface area contributed by atoms with E-state index >= 15 is 0 Å². The molecule has 2 aromatic rings. The fraction of sp³-hybridized carbons (Fsp3) is 0.250. The number of rotatable bonds is 3. The Morgan fingerprint density at radius 3 is 2.55 bits per heavy atom. The van der Waals surface area contributed by atoms with E-state index in [2.05, 4.69) is 24.5 Å². The molecule has 0 bridgehead atoms. The monoisotopic (exact) mass is 270 g/mol. The van der Waals surface area contributed by atoms with Gasteiger partial charge >= 0.3 is 0 Å². The van der Waals surface area contributed by atoms with Gasteiger partial charge in [-0.1, -0.05) is 36.4 Å². The molecule has 0 amide bonds. The lowest BCUT2D eigenvalue weighted by Gasteiger charge is -2.26. The maximum absolute atomic E-state index is 5.79. The van der Waals surface area contributed by atoms with Crippen LogP contribution in [-0.2, 0) is 0 Å². The average molecular weight is 270 g/mol. The number of hydrazine groups is 1. The van der Waals surface area contributed by atoms with Crippen LogP contribution in [0, 0.1) is 6.92 Å². The molecule has 0 fully saturated rings. The number of fused-ring (bicyclic) bond motifs is 1. The van der Waals surface area contributed by atoms with E-state index in [1.165, 1.54) is 5.56 Å². The van der Waals surface area contributed by atoms with Crippen LogP contribution in [0.15, 0.2) is 42.5 Å². The minimum Gasteiger partial charge on any atom is -0.486 e. The molecular formula is C16H18N2O2. The van der Waals surface area contributed by atoms with Crippen molar-refractivity contribution in [3.05, 3.63) is 59.2 Å². The normalized spacial score (nSPS) is 14.9. The molecule has 3 N–H and O–H groups in total. The molecule has 1 aliphatic rings. The van der Waals surface area contributed by atoms with Crippen molar-refractivity contribution in [1.82, 2.24) is 5.43 Å². The van der Waals surface area contributed by atoms with Crippen LogP contribution in [0.3, 0.4) is 0 Å². The smallest absolute Gasteiger partial charge is 0.166 e. The van der Waals surface area contributed by atoms with Gasteiger partial charge in [0.05, 0.1) is 6.04 Å². The molecular weight excluding hydrogens is 252 g/mol. The van der Waals surface area contributed by atoms with Crippen LogP contribution in [0.5, 0.6) is 11.5 Å². The van der Waals surface area contributed by atoms with Crippen LogP contribution in [0.4, 0.5) is 0 Å². The quantitative estimate of drug-likeness (QED) is 0.664. The summed E-state index contributed by atoms with van der Waals surface area (Å²) >= 11 is 0. The maximum Gasteiger partial charge on any atom is 0.166 e. The highest BCUT2D eigenvalue weighted by Gasteiger charge is 2.23. The summed E-state index contributed by atoms with van der Waals surface area (Å²) in [6.45, 7) is 3.23. The minimum absolute atomic E-state index is 0.118. The number of nitrogens with one attached hydrogen (secondary N) is 1. The Morgan fingerprint density at radius 2 is 1.75 bits per heavy atom. The van der Waals surface area contributed by atoms with Gasteiger partial charge < -0.3 is 9.47 Å². The molecule has 1 heterocycles. The fourth-order valence-corrected chi connectivity index (χ4v) is 2.58. The van der Waals surface area contributed by atoms with E-state index in [0.717, 1.165) is 22.6 Å². The Labute approximate surface area is 118 Å². The SMILES string of the molecule is Cc1ccccc1C(NN)c1cccc2c1OCCO2. The lowest BCUT2D eigenvalue weighted by atomic mass is 9.94. The molecule has 4 nitrogen and oxygen atoms in total. The first-order chi connectivity index (χ1) is 9.81. The summed E-state index contributed by atoms with van der Waals surface area (Å²) in [6.07, 6.45) is 0. The fourth-order valence-electron chi connectivity index (χ4n) is 2.58. The first kappa shape index (κ1) is 13.0. The molecule has 0 aromatic heterocycles. The Kier molecular flexibility index (Phi) is 3.58. The van der Waals surface area contributed by atoms with E-state index in [1.807, 2.05) is 30.3 Å². The molecule has 2 aromatic carbocycles. The number of aryl methyl sites for hydroxylation is 1. The van der Waals surface area contributed by atoms with Crippen molar-refractivity contribution in [2.45, 2.75) is 13.0 Å². The highest BCUT2D eigenvalue weighted by atomic mass is 16.6. The number of para-hydroxylation sites is 1. The molecule has 1 aliphatic heterocycles. The zero-order chi connectivity index (χ0) is 13.9. The number of benzene rings is 2. The third-order valence-corrected chi connectivity index (χ3v) is 3.57. The van der Waals surface area contributed by atoms with Gasteiger partial charge in [0.25, 0.3) is 0 Å². The minimum atomic E-state index is -0.118. The molecule has 3 rings (SSSR count). The summed E-state index contributed by atoms with van der Waals surface area (Å²) in [4.78, 5) is 0. The van der Waals surface area contributed by atoms with Crippen molar-refractivity contribution in [2.75, 3.05) is 13.2 Å². The molecule has 0 aliphatic carbocycles. The van der Waals surface area contributed by atoms with Gasteiger partial charge in [-0.15, -0.1) is 0 Å². The molecule has 1 unspecified atom stereocenters. The Hall–Kier alpha value is -2.04. The van der Waals surface area contributed by atoms with E-state index in [0.29, 0.717) is 13.2 Å². The standard InChI is InChI=1S/C16H18N2O2/c1-11-5-2-3-6-12(11)15(18-17)13-7-4-8-14-16(13)20-10-9-19-14/h2-8,15,18H,9-10,17H2,1H3. The number of nitrogens with two attached hydrogens (primary N) is 1. The number of hydrogen-bond donors (Lipinski definition) is 2. The lowest BCUT2D eigenvalue weighted by Crippen LogP contribution is -2.30. The van der Waals surface area contributed by atoms with Gasteiger partial charge in [0.2, 0.25) is 0 Å². The van der Waals surface area contributed by atoms with Gasteiger partial charge in [0, 0.05) is 5.56 Å². The summed E-state index contributed by atoms with van der Waals surface area (Å²) in [5, 5.41) is 0. The maximum atomic E-state index is 5.79. The first-order valence-electron chi connectivity index (χ1n) is 6.71. The third-order valence-electron chi connectivity index (χ3n) is 3.57. The van der Waals surface area contributed by atoms with Crippen molar-refractivity contribution in [1.29, 1.82) is 0 Å². The van der Waals surface area contributed by atoms with E-state index in [1.54, 1.807) is 0 Å². The summed E-state index contributed by atoms with van der Waals surface area (Å²) in [7, 11) is 0. The van der Waals surface area contributed by atoms with Crippen LogP contribution in [-0.4, -0.2) is 13.2 Å². The van der Waals surface area contributed by atoms with E-state index < -0.39 is 0 Å². The summed E-state index contributed by atoms with van der Waals surface area (Å²) in [6, 6.07) is 14.0. The van der Waals surface area contributed by atoms with Crippen molar-refractivity contribution in [3.8, 4) is 11.5 Å². The third kappa shape index (κ3) is 2.24. The van der Waals surface area contributed by atoms with Gasteiger partial charge in [-0.2, -0.15) is 0 Å². The second kappa shape index (κ2) is 5.53. The zero-order valence-corrected chi connectivity index (χ0v) is 11.4. The highest BCUT2D eigenvalue weighted by molar-refractivity contribution is 5.52. The second-order valence-corrected chi connectivity index (χ2v) is 4.83. The zero-order valence-electron chi connectivity index (χ0n) is 11.4. The molecule has 20 heavy (non-hydrogen) atoms. The van der Waals surface area contributed by atoms with E-state index in [-0.39, 0.29) is 6.04 Å². The summed E-state index contributed by atoms with van der Waals surface area (Å²) < 4.78 is 11.4. The molecule has 0 saturated carbocycles. The Balaban J connectivity index is 2.09. The molecule has 104 valence electrons. The molecule has 0 saturated heterocycles. The van der Waals surface area contributed by atoms with Crippen molar-refractivity contribution >= 4 is 0 Å². The molecule has 4 heteroatoms. The lowest BCUT2D eigenvalue weighted by molar-refractivity contribution is 0.169. The first-order valence-corrected chi connectivity index (χ1v) is 6.71. The van der Waals surface area contributed by atoms with Gasteiger partial charge in [0.1, 0.15) is 13.2 Å². The van der Waals surface area contributed by atoms with Gasteiger partial charge in [-0.05, 0) is 24.1 Å². The van der Waals surface area contributed by atoms with Crippen LogP contribution in [0.2, 0.25) is 0 Å². The Bertz CT molecular complexity index is 613. The molecule has 1 atom stereocenters. The van der Waals surface area contributed by atoms with Crippen LogP contribution in [0.1, 0.15) is 22.7 Å².